The molecule has 3 N–H and O–H groups in total. The Morgan fingerprint density at radius 2 is 2.06 bits per heavy atom. The van der Waals surface area contributed by atoms with Gasteiger partial charge in [0.1, 0.15) is 6.10 Å². The Labute approximate surface area is 106 Å². The number of carbonyl (C=O) groups is 1. The summed E-state index contributed by atoms with van der Waals surface area (Å²) in [6, 6.07) is 5.61. The van der Waals surface area contributed by atoms with E-state index in [1.54, 1.807) is 12.1 Å². The van der Waals surface area contributed by atoms with Crippen molar-refractivity contribution in [2.75, 3.05) is 6.61 Å². The van der Waals surface area contributed by atoms with Crippen molar-refractivity contribution in [3.05, 3.63) is 34.4 Å². The summed E-state index contributed by atoms with van der Waals surface area (Å²) in [5.74, 6) is 0. The van der Waals surface area contributed by atoms with Gasteiger partial charge in [0, 0.05) is 6.42 Å². The molecule has 5 heteroatoms. The number of rotatable bonds is 4. The van der Waals surface area contributed by atoms with Crippen LogP contribution in [0.2, 0.25) is 0 Å². The van der Waals surface area contributed by atoms with Gasteiger partial charge in [-0.25, -0.2) is 4.79 Å². The number of aliphatic hydroxyl groups is 1. The third kappa shape index (κ3) is 3.47. The zero-order chi connectivity index (χ0) is 13.7. The molecule has 0 aliphatic heterocycles. The average Bonchev–Trinajstić information content (AvgIpc) is 2.31. The van der Waals surface area contributed by atoms with Gasteiger partial charge >= 0.3 is 6.09 Å². The number of nitrogens with two attached hydrogens (primary N) is 1. The zero-order valence-corrected chi connectivity index (χ0v) is 10.4. The molecular weight excluding hydrogens is 232 g/mol. The maximum Gasteiger partial charge on any atom is 0.404 e. The molecular formula is C13H16N2O3. The molecule has 0 spiro atoms. The second-order valence-corrected chi connectivity index (χ2v) is 4.15. The van der Waals surface area contributed by atoms with Crippen LogP contribution in [0.4, 0.5) is 4.79 Å². The number of carbonyl (C=O) groups excluding carboxylic acids is 1. The van der Waals surface area contributed by atoms with Crippen LogP contribution in [0.15, 0.2) is 12.1 Å². The standard InChI is InChI=1S/C13H16N2O3/c1-8-3-10(6-14)4-9(2)12(8)5-11(7-16)18-13(15)17/h3-4,11,16H,5,7H2,1-2H3,(H2,15,17). The van der Waals surface area contributed by atoms with Gasteiger partial charge in [-0.3, -0.25) is 0 Å². The molecule has 0 aromatic heterocycles. The molecule has 0 saturated carbocycles. The fourth-order valence-electron chi connectivity index (χ4n) is 1.92. The van der Waals surface area contributed by atoms with Gasteiger partial charge in [-0.15, -0.1) is 0 Å². The first-order valence-electron chi connectivity index (χ1n) is 5.55. The van der Waals surface area contributed by atoms with Crippen LogP contribution in [-0.2, 0) is 11.2 Å². The molecule has 1 rings (SSSR count). The van der Waals surface area contributed by atoms with Gasteiger partial charge in [-0.05, 0) is 42.7 Å². The summed E-state index contributed by atoms with van der Waals surface area (Å²) in [4.78, 5) is 10.7. The van der Waals surface area contributed by atoms with Crippen molar-refractivity contribution in [1.82, 2.24) is 0 Å². The Balaban J connectivity index is 2.96. The molecule has 0 saturated heterocycles. The van der Waals surface area contributed by atoms with Crippen molar-refractivity contribution in [2.45, 2.75) is 26.4 Å². The van der Waals surface area contributed by atoms with Gasteiger partial charge in [0.25, 0.3) is 0 Å². The first-order chi connectivity index (χ1) is 8.47. The van der Waals surface area contributed by atoms with Gasteiger partial charge in [-0.2, -0.15) is 5.26 Å². The highest BCUT2D eigenvalue weighted by molar-refractivity contribution is 5.64. The SMILES string of the molecule is Cc1cc(C#N)cc(C)c1CC(CO)OC(N)=O. The molecule has 0 radical (unpaired) electrons. The highest BCUT2D eigenvalue weighted by Crippen LogP contribution is 2.19. The highest BCUT2D eigenvalue weighted by Gasteiger charge is 2.15. The topological polar surface area (TPSA) is 96.3 Å². The molecule has 0 bridgehead atoms. The molecule has 1 aromatic carbocycles. The van der Waals surface area contributed by atoms with Crippen LogP contribution in [-0.4, -0.2) is 23.9 Å². The molecule has 5 nitrogen and oxygen atoms in total. The summed E-state index contributed by atoms with van der Waals surface area (Å²) >= 11 is 0. The first-order valence-corrected chi connectivity index (χ1v) is 5.55. The van der Waals surface area contributed by atoms with Gasteiger partial charge in [0.15, 0.2) is 0 Å². The number of primary amides is 1. The minimum atomic E-state index is -0.905. The molecule has 0 heterocycles. The fraction of sp³-hybridized carbons (Fsp3) is 0.385. The Morgan fingerprint density at radius 3 is 2.44 bits per heavy atom. The summed E-state index contributed by atoms with van der Waals surface area (Å²) in [6.45, 7) is 3.46. The van der Waals surface area contributed by atoms with Crippen molar-refractivity contribution < 1.29 is 14.6 Å². The number of hydrogen-bond donors (Lipinski definition) is 2. The van der Waals surface area contributed by atoms with Gasteiger partial charge in [-0.1, -0.05) is 0 Å². The molecule has 1 amide bonds. The molecule has 0 fully saturated rings. The number of aryl methyl sites for hydroxylation is 2. The van der Waals surface area contributed by atoms with Crippen molar-refractivity contribution in [3.63, 3.8) is 0 Å². The summed E-state index contributed by atoms with van der Waals surface area (Å²) in [5.41, 5.74) is 8.33. The van der Waals surface area contributed by atoms with Gasteiger partial charge in [0.05, 0.1) is 18.2 Å². The van der Waals surface area contributed by atoms with Crippen molar-refractivity contribution >= 4 is 6.09 Å². The Kier molecular flexibility index (Phi) is 4.69. The number of ether oxygens (including phenoxy) is 1. The van der Waals surface area contributed by atoms with E-state index in [4.69, 9.17) is 20.8 Å². The molecule has 1 aromatic rings. The lowest BCUT2D eigenvalue weighted by Crippen LogP contribution is -2.28. The maximum absolute atomic E-state index is 10.7. The summed E-state index contributed by atoms with van der Waals surface area (Å²) in [5, 5.41) is 18.0. The van der Waals surface area contributed by atoms with E-state index < -0.39 is 12.2 Å². The molecule has 0 aliphatic carbocycles. The number of aliphatic hydroxyl groups excluding tert-OH is 1. The van der Waals surface area contributed by atoms with E-state index in [1.807, 2.05) is 13.8 Å². The van der Waals surface area contributed by atoms with E-state index in [-0.39, 0.29) is 6.61 Å². The minimum Gasteiger partial charge on any atom is -0.444 e. The monoisotopic (exact) mass is 248 g/mol. The zero-order valence-electron chi connectivity index (χ0n) is 10.4. The normalized spacial score (nSPS) is 11.7. The second kappa shape index (κ2) is 6.03. The lowest BCUT2D eigenvalue weighted by Gasteiger charge is -2.17. The van der Waals surface area contributed by atoms with E-state index in [0.29, 0.717) is 12.0 Å². The largest absolute Gasteiger partial charge is 0.444 e. The average molecular weight is 248 g/mol. The highest BCUT2D eigenvalue weighted by atomic mass is 16.6. The lowest BCUT2D eigenvalue weighted by molar-refractivity contribution is 0.0637. The van der Waals surface area contributed by atoms with Crippen LogP contribution in [0.1, 0.15) is 22.3 Å². The quantitative estimate of drug-likeness (QED) is 0.836. The van der Waals surface area contributed by atoms with Crippen molar-refractivity contribution in [2.24, 2.45) is 5.73 Å². The van der Waals surface area contributed by atoms with Gasteiger partial charge < -0.3 is 15.6 Å². The summed E-state index contributed by atoms with van der Waals surface area (Å²) in [6.07, 6.45) is -1.19. The number of nitrogens with zero attached hydrogens (tertiary/aromatic N) is 1. The van der Waals surface area contributed by atoms with Gasteiger partial charge in [0.2, 0.25) is 0 Å². The number of benzene rings is 1. The van der Waals surface area contributed by atoms with Crippen LogP contribution in [0.3, 0.4) is 0 Å². The Hall–Kier alpha value is -2.06. The second-order valence-electron chi connectivity index (χ2n) is 4.15. The fourth-order valence-corrected chi connectivity index (χ4v) is 1.92. The third-order valence-electron chi connectivity index (χ3n) is 2.74. The molecule has 18 heavy (non-hydrogen) atoms. The number of amides is 1. The Bertz CT molecular complexity index is 468. The van der Waals surface area contributed by atoms with Crippen molar-refractivity contribution in [1.29, 1.82) is 5.26 Å². The smallest absolute Gasteiger partial charge is 0.404 e. The Morgan fingerprint density at radius 1 is 1.50 bits per heavy atom. The predicted molar refractivity (Wildman–Crippen MR) is 65.9 cm³/mol. The summed E-state index contributed by atoms with van der Waals surface area (Å²) in [7, 11) is 0. The van der Waals surface area contributed by atoms with E-state index in [2.05, 4.69) is 6.07 Å². The van der Waals surface area contributed by atoms with Crippen LogP contribution in [0, 0.1) is 25.2 Å². The van der Waals surface area contributed by atoms with E-state index in [0.717, 1.165) is 16.7 Å². The minimum absolute atomic E-state index is 0.290. The molecule has 1 unspecified atom stereocenters. The first kappa shape index (κ1) is 14.0. The third-order valence-corrected chi connectivity index (χ3v) is 2.74. The molecule has 1 atom stereocenters. The molecule has 96 valence electrons. The predicted octanol–water partition coefficient (Wildman–Crippen LogP) is 1.17. The van der Waals surface area contributed by atoms with Crippen LogP contribution in [0.25, 0.3) is 0 Å². The van der Waals surface area contributed by atoms with E-state index >= 15 is 0 Å². The molecule has 0 aliphatic rings. The number of nitriles is 1. The van der Waals surface area contributed by atoms with Crippen LogP contribution >= 0.6 is 0 Å². The van der Waals surface area contributed by atoms with E-state index in [9.17, 15) is 4.79 Å². The number of hydrogen-bond acceptors (Lipinski definition) is 4. The van der Waals surface area contributed by atoms with Crippen molar-refractivity contribution in [3.8, 4) is 6.07 Å². The van der Waals surface area contributed by atoms with Crippen LogP contribution in [0.5, 0.6) is 0 Å². The summed E-state index contributed by atoms with van der Waals surface area (Å²) < 4.78 is 4.79. The van der Waals surface area contributed by atoms with Crippen LogP contribution < -0.4 is 5.73 Å². The lowest BCUT2D eigenvalue weighted by atomic mass is 9.95. The maximum atomic E-state index is 10.7. The van der Waals surface area contributed by atoms with E-state index in [1.165, 1.54) is 0 Å².